The van der Waals surface area contributed by atoms with Crippen molar-refractivity contribution >= 4 is 5.91 Å². The van der Waals surface area contributed by atoms with Crippen LogP contribution in [-0.4, -0.2) is 43.7 Å². The van der Waals surface area contributed by atoms with Gasteiger partial charge in [-0.15, -0.1) is 0 Å². The highest BCUT2D eigenvalue weighted by atomic mass is 16.5. The number of hydrogen-bond donors (Lipinski definition) is 1. The van der Waals surface area contributed by atoms with Crippen LogP contribution in [0.15, 0.2) is 22.8 Å². The molecule has 3 aliphatic rings. The maximum absolute atomic E-state index is 12.2. The molecule has 1 aromatic heterocycles. The molecule has 3 atom stereocenters. The second-order valence-electron chi connectivity index (χ2n) is 7.44. The maximum Gasteiger partial charge on any atom is 0.220 e. The van der Waals surface area contributed by atoms with Gasteiger partial charge in [0.05, 0.1) is 26.0 Å². The number of likely N-dealkylation sites (tertiary alicyclic amines) is 1. The van der Waals surface area contributed by atoms with Gasteiger partial charge in [-0.3, -0.25) is 4.79 Å². The smallest absolute Gasteiger partial charge is 0.220 e. The fraction of sp³-hybridized carbons (Fsp3) is 0.722. The number of nitrogens with zero attached hydrogens (tertiary/aromatic N) is 1. The van der Waals surface area contributed by atoms with Crippen molar-refractivity contribution in [1.29, 1.82) is 0 Å². The highest BCUT2D eigenvalue weighted by molar-refractivity contribution is 5.76. The molecule has 1 saturated carbocycles. The van der Waals surface area contributed by atoms with Crippen LogP contribution in [0.5, 0.6) is 0 Å². The lowest BCUT2D eigenvalue weighted by atomic mass is 9.81. The van der Waals surface area contributed by atoms with Gasteiger partial charge in [-0.2, -0.15) is 0 Å². The molecule has 1 aliphatic carbocycles. The molecule has 0 aromatic carbocycles. The Morgan fingerprint density at radius 2 is 2.22 bits per heavy atom. The zero-order valence-electron chi connectivity index (χ0n) is 13.6. The monoisotopic (exact) mass is 318 g/mol. The molecule has 0 bridgehead atoms. The van der Waals surface area contributed by atoms with Crippen LogP contribution in [0.4, 0.5) is 0 Å². The Morgan fingerprint density at radius 3 is 3.00 bits per heavy atom. The lowest BCUT2D eigenvalue weighted by molar-refractivity contribution is -0.124. The Balaban J connectivity index is 1.28. The van der Waals surface area contributed by atoms with Crippen molar-refractivity contribution in [2.75, 3.05) is 32.8 Å². The SMILES string of the molecule is O=C(C[C@@H]1COC[C@H]2CN(CC3CC3)C[C@@H]12)NCc1ccco1. The first-order valence-electron chi connectivity index (χ1n) is 8.87. The molecule has 3 heterocycles. The summed E-state index contributed by atoms with van der Waals surface area (Å²) >= 11 is 0. The Hall–Kier alpha value is -1.33. The van der Waals surface area contributed by atoms with Crippen LogP contribution < -0.4 is 5.32 Å². The van der Waals surface area contributed by atoms with Gasteiger partial charge in [-0.05, 0) is 48.6 Å². The minimum absolute atomic E-state index is 0.108. The van der Waals surface area contributed by atoms with Gasteiger partial charge in [-0.25, -0.2) is 0 Å². The fourth-order valence-corrected chi connectivity index (χ4v) is 4.13. The van der Waals surface area contributed by atoms with E-state index >= 15 is 0 Å². The van der Waals surface area contributed by atoms with Crippen LogP contribution in [0, 0.1) is 23.7 Å². The zero-order valence-corrected chi connectivity index (χ0v) is 13.6. The predicted molar refractivity (Wildman–Crippen MR) is 85.6 cm³/mol. The summed E-state index contributed by atoms with van der Waals surface area (Å²) in [5.74, 6) is 3.44. The topological polar surface area (TPSA) is 54.7 Å². The van der Waals surface area contributed by atoms with E-state index in [2.05, 4.69) is 10.2 Å². The molecule has 1 amide bonds. The number of amides is 1. The van der Waals surface area contributed by atoms with E-state index in [1.54, 1.807) is 6.26 Å². The molecular weight excluding hydrogens is 292 g/mol. The van der Waals surface area contributed by atoms with E-state index in [0.717, 1.165) is 38.0 Å². The normalized spacial score (nSPS) is 31.0. The number of carbonyl (C=O) groups is 1. The Bertz CT molecular complexity index is 526. The van der Waals surface area contributed by atoms with Gasteiger partial charge in [0.15, 0.2) is 0 Å². The van der Waals surface area contributed by atoms with E-state index in [1.807, 2.05) is 12.1 Å². The second-order valence-corrected chi connectivity index (χ2v) is 7.44. The van der Waals surface area contributed by atoms with Crippen molar-refractivity contribution in [3.63, 3.8) is 0 Å². The molecule has 5 heteroatoms. The van der Waals surface area contributed by atoms with E-state index in [-0.39, 0.29) is 5.91 Å². The summed E-state index contributed by atoms with van der Waals surface area (Å²) in [7, 11) is 0. The summed E-state index contributed by atoms with van der Waals surface area (Å²) in [6.07, 6.45) is 5.01. The van der Waals surface area contributed by atoms with Crippen molar-refractivity contribution in [2.24, 2.45) is 23.7 Å². The molecule has 5 nitrogen and oxygen atoms in total. The average Bonchev–Trinajstić information content (AvgIpc) is 3.03. The minimum atomic E-state index is 0.108. The number of rotatable bonds is 6. The van der Waals surface area contributed by atoms with Crippen LogP contribution in [0.25, 0.3) is 0 Å². The molecule has 0 unspecified atom stereocenters. The highest BCUT2D eigenvalue weighted by Crippen LogP contribution is 2.38. The highest BCUT2D eigenvalue weighted by Gasteiger charge is 2.42. The third kappa shape index (κ3) is 3.78. The largest absolute Gasteiger partial charge is 0.467 e. The number of furan rings is 1. The van der Waals surface area contributed by atoms with Crippen molar-refractivity contribution < 1.29 is 13.9 Å². The third-order valence-electron chi connectivity index (χ3n) is 5.54. The molecule has 2 saturated heterocycles. The van der Waals surface area contributed by atoms with E-state index in [4.69, 9.17) is 9.15 Å². The second kappa shape index (κ2) is 6.65. The van der Waals surface area contributed by atoms with Gasteiger partial charge in [0.2, 0.25) is 5.91 Å². The Labute approximate surface area is 137 Å². The lowest BCUT2D eigenvalue weighted by Gasteiger charge is -2.32. The summed E-state index contributed by atoms with van der Waals surface area (Å²) in [5.41, 5.74) is 0. The predicted octanol–water partition coefficient (Wildman–Crippen LogP) is 1.89. The van der Waals surface area contributed by atoms with E-state index in [0.29, 0.717) is 30.7 Å². The van der Waals surface area contributed by atoms with Gasteiger partial charge < -0.3 is 19.4 Å². The van der Waals surface area contributed by atoms with Crippen molar-refractivity contribution in [3.05, 3.63) is 24.2 Å². The minimum Gasteiger partial charge on any atom is -0.467 e. The van der Waals surface area contributed by atoms with E-state index in [1.165, 1.54) is 19.4 Å². The number of carbonyl (C=O) groups excluding carboxylic acids is 1. The van der Waals surface area contributed by atoms with E-state index in [9.17, 15) is 4.79 Å². The quantitative estimate of drug-likeness (QED) is 0.870. The molecule has 0 radical (unpaired) electrons. The molecule has 3 fully saturated rings. The molecule has 1 N–H and O–H groups in total. The number of hydrogen-bond acceptors (Lipinski definition) is 4. The van der Waals surface area contributed by atoms with Crippen molar-refractivity contribution in [3.8, 4) is 0 Å². The molecule has 126 valence electrons. The summed E-state index contributed by atoms with van der Waals surface area (Å²) in [5, 5.41) is 2.96. The first kappa shape index (κ1) is 15.2. The van der Waals surface area contributed by atoms with Gasteiger partial charge >= 0.3 is 0 Å². The number of fused-ring (bicyclic) bond motifs is 1. The van der Waals surface area contributed by atoms with E-state index < -0.39 is 0 Å². The van der Waals surface area contributed by atoms with Crippen molar-refractivity contribution in [2.45, 2.75) is 25.8 Å². The van der Waals surface area contributed by atoms with Crippen LogP contribution >= 0.6 is 0 Å². The standard InChI is InChI=1S/C18H26N2O3/c21-18(19-7-16-2-1-5-23-16)6-14-11-22-12-15-9-20(10-17(14)15)8-13-3-4-13/h1-2,5,13-15,17H,3-4,6-12H2,(H,19,21)/t14-,15-,17+/m1/s1. The Kier molecular flexibility index (Phi) is 4.40. The first-order valence-corrected chi connectivity index (χ1v) is 8.87. The average molecular weight is 318 g/mol. The summed E-state index contributed by atoms with van der Waals surface area (Å²) < 4.78 is 11.0. The fourth-order valence-electron chi connectivity index (χ4n) is 4.13. The molecular formula is C18H26N2O3. The van der Waals surface area contributed by atoms with Gasteiger partial charge in [0.25, 0.3) is 0 Å². The van der Waals surface area contributed by atoms with Crippen LogP contribution in [0.3, 0.4) is 0 Å². The number of nitrogens with one attached hydrogen (secondary N) is 1. The zero-order chi connectivity index (χ0) is 15.6. The maximum atomic E-state index is 12.2. The Morgan fingerprint density at radius 1 is 1.30 bits per heavy atom. The van der Waals surface area contributed by atoms with Gasteiger partial charge in [-0.1, -0.05) is 0 Å². The third-order valence-corrected chi connectivity index (χ3v) is 5.54. The van der Waals surface area contributed by atoms with Crippen molar-refractivity contribution in [1.82, 2.24) is 10.2 Å². The molecule has 4 rings (SSSR count). The molecule has 23 heavy (non-hydrogen) atoms. The van der Waals surface area contributed by atoms with Crippen LogP contribution in [0.2, 0.25) is 0 Å². The molecule has 1 aromatic rings. The first-order chi connectivity index (χ1) is 11.3. The van der Waals surface area contributed by atoms with Crippen LogP contribution in [-0.2, 0) is 16.1 Å². The number of ether oxygens (including phenoxy) is 1. The molecule has 2 aliphatic heterocycles. The van der Waals surface area contributed by atoms with Gasteiger partial charge in [0.1, 0.15) is 5.76 Å². The summed E-state index contributed by atoms with van der Waals surface area (Å²) in [6, 6.07) is 3.72. The van der Waals surface area contributed by atoms with Gasteiger partial charge in [0, 0.05) is 26.1 Å². The summed E-state index contributed by atoms with van der Waals surface area (Å²) in [4.78, 5) is 14.8. The van der Waals surface area contributed by atoms with Crippen LogP contribution in [0.1, 0.15) is 25.0 Å². The lowest BCUT2D eigenvalue weighted by Crippen LogP contribution is -2.38. The summed E-state index contributed by atoms with van der Waals surface area (Å²) in [6.45, 7) is 5.64. The molecule has 0 spiro atoms.